The van der Waals surface area contributed by atoms with Crippen molar-refractivity contribution in [3.8, 4) is 0 Å². The van der Waals surface area contributed by atoms with Crippen molar-refractivity contribution in [1.82, 2.24) is 15.5 Å². The highest BCUT2D eigenvalue weighted by atomic mass is 19.1. The van der Waals surface area contributed by atoms with E-state index in [1.165, 1.54) is 19.2 Å². The molecule has 1 rings (SSSR count). The number of hydrogen-bond donors (Lipinski definition) is 2. The number of benzene rings is 1. The molecule has 19 heavy (non-hydrogen) atoms. The van der Waals surface area contributed by atoms with Crippen LogP contribution in [0.1, 0.15) is 12.5 Å². The smallest absolute Gasteiger partial charge is 0.321 e. The van der Waals surface area contributed by atoms with E-state index >= 15 is 0 Å². The zero-order valence-corrected chi connectivity index (χ0v) is 11.2. The fourth-order valence-corrected chi connectivity index (χ4v) is 1.49. The molecule has 3 amide bonds. The number of rotatable bonds is 4. The Morgan fingerprint density at radius 2 is 1.89 bits per heavy atom. The molecular weight excluding hydrogens is 249 g/mol. The monoisotopic (exact) mass is 267 g/mol. The van der Waals surface area contributed by atoms with Crippen LogP contribution in [0.25, 0.3) is 0 Å². The van der Waals surface area contributed by atoms with Crippen molar-refractivity contribution < 1.29 is 14.0 Å². The molecule has 104 valence electrons. The van der Waals surface area contributed by atoms with Gasteiger partial charge in [-0.25, -0.2) is 9.18 Å². The van der Waals surface area contributed by atoms with Gasteiger partial charge in [0.2, 0.25) is 5.91 Å². The van der Waals surface area contributed by atoms with Crippen LogP contribution in [0.5, 0.6) is 0 Å². The lowest BCUT2D eigenvalue weighted by Gasteiger charge is -2.23. The standard InChI is InChI=1S/C13H18FN3O2/c1-9(12(18)16-13(19)15-2)17(3)8-10-4-6-11(14)7-5-10/h4-7,9H,8H2,1-3H3,(H2,15,16,18,19). The predicted molar refractivity (Wildman–Crippen MR) is 69.9 cm³/mol. The van der Waals surface area contributed by atoms with Crippen molar-refractivity contribution >= 4 is 11.9 Å². The molecule has 5 nitrogen and oxygen atoms in total. The van der Waals surface area contributed by atoms with Crippen molar-refractivity contribution in [2.75, 3.05) is 14.1 Å². The number of halogens is 1. The summed E-state index contributed by atoms with van der Waals surface area (Å²) in [4.78, 5) is 24.5. The zero-order chi connectivity index (χ0) is 14.4. The number of urea groups is 1. The number of hydrogen-bond acceptors (Lipinski definition) is 3. The minimum atomic E-state index is -0.535. The second kappa shape index (κ2) is 6.84. The van der Waals surface area contributed by atoms with E-state index in [9.17, 15) is 14.0 Å². The lowest BCUT2D eigenvalue weighted by atomic mass is 10.2. The Balaban J connectivity index is 2.56. The van der Waals surface area contributed by atoms with Crippen LogP contribution in [0.15, 0.2) is 24.3 Å². The summed E-state index contributed by atoms with van der Waals surface area (Å²) in [5.41, 5.74) is 0.892. The highest BCUT2D eigenvalue weighted by Gasteiger charge is 2.19. The van der Waals surface area contributed by atoms with Gasteiger partial charge in [-0.15, -0.1) is 0 Å². The maximum atomic E-state index is 12.8. The molecule has 2 N–H and O–H groups in total. The normalized spacial score (nSPS) is 12.1. The van der Waals surface area contributed by atoms with Gasteiger partial charge in [-0.05, 0) is 31.7 Å². The van der Waals surface area contributed by atoms with Gasteiger partial charge in [-0.3, -0.25) is 15.0 Å². The average Bonchev–Trinajstić information content (AvgIpc) is 2.40. The molecule has 0 saturated carbocycles. The van der Waals surface area contributed by atoms with Crippen LogP contribution in [-0.4, -0.2) is 37.0 Å². The number of nitrogens with zero attached hydrogens (tertiary/aromatic N) is 1. The average molecular weight is 267 g/mol. The molecule has 1 aromatic carbocycles. The van der Waals surface area contributed by atoms with E-state index in [0.717, 1.165) is 5.56 Å². The van der Waals surface area contributed by atoms with Crippen LogP contribution in [-0.2, 0) is 11.3 Å². The minimum Gasteiger partial charge on any atom is -0.341 e. The summed E-state index contributed by atoms with van der Waals surface area (Å²) in [7, 11) is 3.20. The first-order valence-electron chi connectivity index (χ1n) is 5.91. The van der Waals surface area contributed by atoms with E-state index in [4.69, 9.17) is 0 Å². The summed E-state index contributed by atoms with van der Waals surface area (Å²) in [6.45, 7) is 2.18. The predicted octanol–water partition coefficient (Wildman–Crippen LogP) is 1.10. The summed E-state index contributed by atoms with van der Waals surface area (Å²) < 4.78 is 12.8. The van der Waals surface area contributed by atoms with Gasteiger partial charge in [0.15, 0.2) is 0 Å². The Bertz CT molecular complexity index is 448. The number of amides is 3. The topological polar surface area (TPSA) is 61.4 Å². The van der Waals surface area contributed by atoms with Crippen LogP contribution >= 0.6 is 0 Å². The number of carbonyl (C=O) groups excluding carboxylic acids is 2. The van der Waals surface area contributed by atoms with E-state index in [1.807, 2.05) is 0 Å². The van der Waals surface area contributed by atoms with E-state index in [1.54, 1.807) is 31.0 Å². The lowest BCUT2D eigenvalue weighted by Crippen LogP contribution is -2.47. The van der Waals surface area contributed by atoms with Crippen LogP contribution < -0.4 is 10.6 Å². The summed E-state index contributed by atoms with van der Waals surface area (Å²) >= 11 is 0. The molecule has 0 bridgehead atoms. The number of likely N-dealkylation sites (N-methyl/N-ethyl adjacent to an activating group) is 1. The maximum Gasteiger partial charge on any atom is 0.321 e. The molecule has 0 heterocycles. The maximum absolute atomic E-state index is 12.8. The van der Waals surface area contributed by atoms with Crippen molar-refractivity contribution in [3.05, 3.63) is 35.6 Å². The minimum absolute atomic E-state index is 0.295. The molecule has 0 spiro atoms. The van der Waals surface area contributed by atoms with Gasteiger partial charge in [-0.2, -0.15) is 0 Å². The van der Waals surface area contributed by atoms with E-state index in [-0.39, 0.29) is 11.7 Å². The second-order valence-electron chi connectivity index (χ2n) is 4.29. The molecule has 0 aliphatic rings. The van der Waals surface area contributed by atoms with E-state index < -0.39 is 12.1 Å². The van der Waals surface area contributed by atoms with Crippen molar-refractivity contribution in [2.24, 2.45) is 0 Å². The molecule has 0 aliphatic carbocycles. The molecule has 0 fully saturated rings. The Kier molecular flexibility index (Phi) is 5.44. The first-order chi connectivity index (χ1) is 8.93. The summed E-state index contributed by atoms with van der Waals surface area (Å²) in [6.07, 6.45) is 0. The van der Waals surface area contributed by atoms with Crippen LogP contribution in [0.2, 0.25) is 0 Å². The van der Waals surface area contributed by atoms with Gasteiger partial charge < -0.3 is 5.32 Å². The third-order valence-electron chi connectivity index (χ3n) is 2.85. The quantitative estimate of drug-likeness (QED) is 0.859. The Morgan fingerprint density at radius 1 is 1.32 bits per heavy atom. The van der Waals surface area contributed by atoms with Crippen LogP contribution in [0, 0.1) is 5.82 Å². The Labute approximate surface area is 111 Å². The lowest BCUT2D eigenvalue weighted by molar-refractivity contribution is -0.124. The molecule has 0 saturated heterocycles. The molecule has 0 radical (unpaired) electrons. The Hall–Kier alpha value is -1.95. The fourth-order valence-electron chi connectivity index (χ4n) is 1.49. The third kappa shape index (κ3) is 4.67. The van der Waals surface area contributed by atoms with Gasteiger partial charge in [-0.1, -0.05) is 12.1 Å². The van der Waals surface area contributed by atoms with Gasteiger partial charge in [0.05, 0.1) is 6.04 Å². The SMILES string of the molecule is CNC(=O)NC(=O)C(C)N(C)Cc1ccc(F)cc1. The number of carbonyl (C=O) groups is 2. The summed E-state index contributed by atoms with van der Waals surface area (Å²) in [5.74, 6) is -0.680. The molecular formula is C13H18FN3O2. The molecule has 1 aromatic rings. The van der Waals surface area contributed by atoms with Crippen molar-refractivity contribution in [3.63, 3.8) is 0 Å². The Morgan fingerprint density at radius 3 is 2.42 bits per heavy atom. The molecule has 1 unspecified atom stereocenters. The van der Waals surface area contributed by atoms with Gasteiger partial charge in [0.25, 0.3) is 0 Å². The largest absolute Gasteiger partial charge is 0.341 e. The van der Waals surface area contributed by atoms with Crippen molar-refractivity contribution in [1.29, 1.82) is 0 Å². The highest BCUT2D eigenvalue weighted by molar-refractivity contribution is 5.96. The third-order valence-corrected chi connectivity index (χ3v) is 2.85. The fraction of sp³-hybridized carbons (Fsp3) is 0.385. The number of nitrogens with one attached hydrogen (secondary N) is 2. The molecule has 0 aromatic heterocycles. The van der Waals surface area contributed by atoms with Gasteiger partial charge in [0, 0.05) is 13.6 Å². The van der Waals surface area contributed by atoms with E-state index in [0.29, 0.717) is 6.54 Å². The van der Waals surface area contributed by atoms with Crippen LogP contribution in [0.3, 0.4) is 0 Å². The summed E-state index contributed by atoms with van der Waals surface area (Å²) in [6, 6.07) is 5.07. The summed E-state index contributed by atoms with van der Waals surface area (Å²) in [5, 5.41) is 4.53. The van der Waals surface area contributed by atoms with Crippen molar-refractivity contribution in [2.45, 2.75) is 19.5 Å². The molecule has 6 heteroatoms. The van der Waals surface area contributed by atoms with Gasteiger partial charge >= 0.3 is 6.03 Å². The van der Waals surface area contributed by atoms with Crippen LogP contribution in [0.4, 0.5) is 9.18 Å². The molecule has 0 aliphatic heterocycles. The first kappa shape index (κ1) is 15.1. The zero-order valence-electron chi connectivity index (χ0n) is 11.2. The second-order valence-corrected chi connectivity index (χ2v) is 4.29. The first-order valence-corrected chi connectivity index (χ1v) is 5.91. The molecule has 1 atom stereocenters. The number of imide groups is 1. The van der Waals surface area contributed by atoms with Gasteiger partial charge in [0.1, 0.15) is 5.82 Å². The highest BCUT2D eigenvalue weighted by Crippen LogP contribution is 2.07. The van der Waals surface area contributed by atoms with E-state index in [2.05, 4.69) is 10.6 Å².